The predicted molar refractivity (Wildman–Crippen MR) is 118 cm³/mol. The normalized spacial score (nSPS) is 18.2. The van der Waals surface area contributed by atoms with Gasteiger partial charge in [-0.05, 0) is 39.5 Å². The Hall–Kier alpha value is -2.57. The van der Waals surface area contributed by atoms with E-state index in [0.717, 1.165) is 56.0 Å². The Morgan fingerprint density at radius 3 is 2.76 bits per heavy atom. The van der Waals surface area contributed by atoms with Gasteiger partial charge >= 0.3 is 0 Å². The number of fused-ring (bicyclic) bond motifs is 1. The lowest BCUT2D eigenvalue weighted by atomic mass is 10.0. The van der Waals surface area contributed by atoms with Gasteiger partial charge in [0.25, 0.3) is 0 Å². The van der Waals surface area contributed by atoms with Crippen LogP contribution in [0.1, 0.15) is 30.5 Å². The quantitative estimate of drug-likeness (QED) is 0.620. The molecule has 4 rings (SSSR count). The van der Waals surface area contributed by atoms with Crippen molar-refractivity contribution in [2.24, 2.45) is 0 Å². The summed E-state index contributed by atoms with van der Waals surface area (Å²) in [5.41, 5.74) is 5.64. The number of rotatable bonds is 7. The van der Waals surface area contributed by atoms with Crippen molar-refractivity contribution in [2.75, 3.05) is 40.3 Å². The molecule has 0 radical (unpaired) electrons. The van der Waals surface area contributed by atoms with E-state index >= 15 is 0 Å². The second kappa shape index (κ2) is 8.84. The highest BCUT2D eigenvalue weighted by Gasteiger charge is 2.29. The van der Waals surface area contributed by atoms with E-state index in [-0.39, 0.29) is 0 Å². The summed E-state index contributed by atoms with van der Waals surface area (Å²) < 4.78 is 2.03. The molecule has 0 aliphatic carbocycles. The third-order valence-electron chi connectivity index (χ3n) is 5.50. The Labute approximate surface area is 172 Å². The summed E-state index contributed by atoms with van der Waals surface area (Å²) in [4.78, 5) is 13.9. The molecule has 1 atom stereocenters. The first-order valence-corrected chi connectivity index (χ1v) is 10.4. The zero-order valence-corrected chi connectivity index (χ0v) is 17.6. The summed E-state index contributed by atoms with van der Waals surface area (Å²) >= 11 is 0. The van der Waals surface area contributed by atoms with Crippen LogP contribution in [-0.2, 0) is 6.54 Å². The Kier molecular flexibility index (Phi) is 6.02. The molecule has 3 heterocycles. The Balaban J connectivity index is 1.47. The standard InChI is InChI=1S/C23H30N6/c1-18(15-19-7-5-4-6-8-19)16-28-12-9-20(17-28)21-22-23(25-11-10-24-22)29(26-21)14-13-27(2)3/h4-8,10-11,15,20H,9,12-14,16-17H2,1-3H3. The number of likely N-dealkylation sites (N-methyl/N-ethyl adjacent to an activating group) is 1. The molecule has 0 amide bonds. The number of hydrogen-bond donors (Lipinski definition) is 0. The molecule has 29 heavy (non-hydrogen) atoms. The Morgan fingerprint density at radius 2 is 1.97 bits per heavy atom. The number of hydrogen-bond acceptors (Lipinski definition) is 5. The van der Waals surface area contributed by atoms with E-state index in [4.69, 9.17) is 5.10 Å². The zero-order chi connectivity index (χ0) is 20.2. The Morgan fingerprint density at radius 1 is 1.17 bits per heavy atom. The van der Waals surface area contributed by atoms with Crippen molar-refractivity contribution < 1.29 is 0 Å². The van der Waals surface area contributed by atoms with Gasteiger partial charge in [-0.1, -0.05) is 42.0 Å². The minimum Gasteiger partial charge on any atom is -0.308 e. The van der Waals surface area contributed by atoms with Crippen LogP contribution in [0.4, 0.5) is 0 Å². The van der Waals surface area contributed by atoms with E-state index in [2.05, 4.69) is 77.2 Å². The number of benzene rings is 1. The van der Waals surface area contributed by atoms with Crippen LogP contribution in [0.3, 0.4) is 0 Å². The lowest BCUT2D eigenvalue weighted by Crippen LogP contribution is -2.22. The van der Waals surface area contributed by atoms with E-state index in [9.17, 15) is 0 Å². The molecule has 6 heteroatoms. The van der Waals surface area contributed by atoms with E-state index in [1.807, 2.05) is 4.68 Å². The van der Waals surface area contributed by atoms with Crippen molar-refractivity contribution in [2.45, 2.75) is 25.8 Å². The molecule has 6 nitrogen and oxygen atoms in total. The largest absolute Gasteiger partial charge is 0.308 e. The first kappa shape index (κ1) is 19.7. The minimum atomic E-state index is 0.416. The van der Waals surface area contributed by atoms with Crippen LogP contribution in [0.2, 0.25) is 0 Å². The highest BCUT2D eigenvalue weighted by Crippen LogP contribution is 2.30. The molecule has 0 N–H and O–H groups in total. The highest BCUT2D eigenvalue weighted by molar-refractivity contribution is 5.73. The van der Waals surface area contributed by atoms with E-state index in [1.54, 1.807) is 12.4 Å². The summed E-state index contributed by atoms with van der Waals surface area (Å²) in [5, 5.41) is 4.95. The maximum absolute atomic E-state index is 4.95. The Bertz CT molecular complexity index is 975. The van der Waals surface area contributed by atoms with E-state index in [0.29, 0.717) is 5.92 Å². The van der Waals surface area contributed by atoms with Crippen LogP contribution >= 0.6 is 0 Å². The lowest BCUT2D eigenvalue weighted by molar-refractivity contribution is 0.361. The fraction of sp³-hybridized carbons (Fsp3) is 0.435. The van der Waals surface area contributed by atoms with Crippen LogP contribution in [-0.4, -0.2) is 69.8 Å². The molecule has 0 bridgehead atoms. The molecular weight excluding hydrogens is 360 g/mol. The summed E-state index contributed by atoms with van der Waals surface area (Å²) in [5.74, 6) is 0.416. The predicted octanol–water partition coefficient (Wildman–Crippen LogP) is 3.28. The molecule has 1 aliphatic heterocycles. The molecule has 3 aromatic rings. The number of nitrogens with zero attached hydrogens (tertiary/aromatic N) is 6. The number of aromatic nitrogens is 4. The average molecular weight is 391 g/mol. The van der Waals surface area contributed by atoms with Crippen molar-refractivity contribution in [3.8, 4) is 0 Å². The fourth-order valence-corrected chi connectivity index (χ4v) is 4.08. The van der Waals surface area contributed by atoms with Gasteiger partial charge in [-0.25, -0.2) is 14.6 Å². The molecule has 0 saturated carbocycles. The minimum absolute atomic E-state index is 0.416. The van der Waals surface area contributed by atoms with Gasteiger partial charge in [0.1, 0.15) is 5.52 Å². The second-order valence-corrected chi connectivity index (χ2v) is 8.26. The van der Waals surface area contributed by atoms with Crippen LogP contribution in [0.25, 0.3) is 17.2 Å². The van der Waals surface area contributed by atoms with Crippen LogP contribution in [0.5, 0.6) is 0 Å². The number of likely N-dealkylation sites (tertiary alicyclic amines) is 1. The van der Waals surface area contributed by atoms with E-state index < -0.39 is 0 Å². The van der Waals surface area contributed by atoms with Crippen LogP contribution in [0, 0.1) is 0 Å². The van der Waals surface area contributed by atoms with Crippen molar-refractivity contribution in [3.05, 3.63) is 59.6 Å². The molecular formula is C23H30N6. The molecule has 1 unspecified atom stereocenters. The fourth-order valence-electron chi connectivity index (χ4n) is 4.08. The molecule has 1 fully saturated rings. The SMILES string of the molecule is CC(=Cc1ccccc1)CN1CCC(c2nn(CCN(C)C)c3nccnc23)C1. The molecule has 1 aromatic carbocycles. The summed E-state index contributed by atoms with van der Waals surface area (Å²) in [6, 6.07) is 10.5. The molecule has 0 spiro atoms. The van der Waals surface area contributed by atoms with Crippen molar-refractivity contribution >= 4 is 17.2 Å². The maximum atomic E-state index is 4.95. The van der Waals surface area contributed by atoms with E-state index in [1.165, 1.54) is 11.1 Å². The van der Waals surface area contributed by atoms with Crippen LogP contribution < -0.4 is 0 Å². The monoisotopic (exact) mass is 390 g/mol. The van der Waals surface area contributed by atoms with Crippen molar-refractivity contribution in [1.82, 2.24) is 29.5 Å². The molecule has 152 valence electrons. The smallest absolute Gasteiger partial charge is 0.177 e. The van der Waals surface area contributed by atoms with Gasteiger partial charge in [-0.3, -0.25) is 4.90 Å². The summed E-state index contributed by atoms with van der Waals surface area (Å²) in [6.07, 6.45) is 6.95. The maximum Gasteiger partial charge on any atom is 0.177 e. The lowest BCUT2D eigenvalue weighted by Gasteiger charge is -2.16. The first-order chi connectivity index (χ1) is 14.1. The molecule has 2 aromatic heterocycles. The van der Waals surface area contributed by atoms with Gasteiger partial charge < -0.3 is 4.90 Å². The third kappa shape index (κ3) is 4.71. The topological polar surface area (TPSA) is 50.1 Å². The zero-order valence-electron chi connectivity index (χ0n) is 17.6. The van der Waals surface area contributed by atoms with Gasteiger partial charge in [-0.2, -0.15) is 5.10 Å². The van der Waals surface area contributed by atoms with Gasteiger partial charge in [-0.15, -0.1) is 0 Å². The molecule has 1 aliphatic rings. The molecule has 1 saturated heterocycles. The van der Waals surface area contributed by atoms with Crippen LogP contribution in [0.15, 0.2) is 48.3 Å². The van der Waals surface area contributed by atoms with Gasteiger partial charge in [0.2, 0.25) is 0 Å². The summed E-state index contributed by atoms with van der Waals surface area (Å²) in [7, 11) is 4.16. The third-order valence-corrected chi connectivity index (χ3v) is 5.50. The second-order valence-electron chi connectivity index (χ2n) is 8.26. The van der Waals surface area contributed by atoms with Gasteiger partial charge in [0, 0.05) is 37.9 Å². The first-order valence-electron chi connectivity index (χ1n) is 10.4. The average Bonchev–Trinajstić information content (AvgIpc) is 3.31. The van der Waals surface area contributed by atoms with Crippen molar-refractivity contribution in [3.63, 3.8) is 0 Å². The van der Waals surface area contributed by atoms with Crippen molar-refractivity contribution in [1.29, 1.82) is 0 Å². The van der Waals surface area contributed by atoms with Gasteiger partial charge in [0.05, 0.1) is 12.2 Å². The highest BCUT2D eigenvalue weighted by atomic mass is 15.3. The summed E-state index contributed by atoms with van der Waals surface area (Å²) in [6.45, 7) is 7.10. The van der Waals surface area contributed by atoms with Gasteiger partial charge in [0.15, 0.2) is 5.65 Å².